The summed E-state index contributed by atoms with van der Waals surface area (Å²) in [6.07, 6.45) is 7.08. The second kappa shape index (κ2) is 5.49. The molecule has 1 aromatic carbocycles. The highest BCUT2D eigenvalue weighted by Gasteiger charge is 2.01. The van der Waals surface area contributed by atoms with Crippen molar-refractivity contribution in [3.8, 4) is 0 Å². The van der Waals surface area contributed by atoms with E-state index >= 15 is 0 Å². The number of rotatable bonds is 4. The van der Waals surface area contributed by atoms with Gasteiger partial charge in [-0.15, -0.1) is 0 Å². The van der Waals surface area contributed by atoms with Gasteiger partial charge in [-0.3, -0.25) is 14.9 Å². The highest BCUT2D eigenvalue weighted by atomic mass is 16.6. The molecule has 1 aromatic rings. The van der Waals surface area contributed by atoms with Crippen LogP contribution in [0.15, 0.2) is 42.5 Å². The summed E-state index contributed by atoms with van der Waals surface area (Å²) in [7, 11) is 0. The second-order valence-corrected chi connectivity index (χ2v) is 2.73. The minimum Gasteiger partial charge on any atom is -0.299 e. The Bertz CT molecular complexity index is 404. The van der Waals surface area contributed by atoms with Crippen LogP contribution < -0.4 is 0 Å². The van der Waals surface area contributed by atoms with Gasteiger partial charge < -0.3 is 0 Å². The molecule has 0 aromatic heterocycles. The number of carbonyl (C=O) groups excluding carboxylic acids is 1. The molecule has 0 N–H and O–H groups in total. The van der Waals surface area contributed by atoms with Gasteiger partial charge in [0, 0.05) is 12.1 Å². The van der Waals surface area contributed by atoms with Crippen molar-refractivity contribution in [2.24, 2.45) is 0 Å². The van der Waals surface area contributed by atoms with Crippen molar-refractivity contribution < 1.29 is 9.72 Å². The Morgan fingerprint density at radius 2 is 1.73 bits per heavy atom. The largest absolute Gasteiger partial charge is 0.299 e. The Balaban J connectivity index is 2.72. The van der Waals surface area contributed by atoms with Gasteiger partial charge in [-0.1, -0.05) is 18.2 Å². The molecule has 15 heavy (non-hydrogen) atoms. The first-order valence-electron chi connectivity index (χ1n) is 4.27. The van der Waals surface area contributed by atoms with Crippen LogP contribution in [0, 0.1) is 10.1 Å². The molecule has 0 bridgehead atoms. The van der Waals surface area contributed by atoms with E-state index in [4.69, 9.17) is 0 Å². The predicted molar refractivity (Wildman–Crippen MR) is 57.3 cm³/mol. The van der Waals surface area contributed by atoms with Crippen molar-refractivity contribution in [2.75, 3.05) is 0 Å². The first-order valence-corrected chi connectivity index (χ1v) is 4.27. The molecule has 76 valence electrons. The van der Waals surface area contributed by atoms with Gasteiger partial charge in [0.05, 0.1) is 4.92 Å². The molecular weight excluding hydrogens is 194 g/mol. The maximum absolute atomic E-state index is 10.3. The number of allylic oxidation sites excluding steroid dienone is 3. The first kappa shape index (κ1) is 10.8. The number of carbonyl (C=O) groups is 1. The van der Waals surface area contributed by atoms with E-state index in [1.165, 1.54) is 18.2 Å². The molecule has 0 aliphatic rings. The van der Waals surface area contributed by atoms with E-state index in [1.54, 1.807) is 30.4 Å². The summed E-state index contributed by atoms with van der Waals surface area (Å²) < 4.78 is 0. The van der Waals surface area contributed by atoms with Crippen LogP contribution in [0.2, 0.25) is 0 Å². The summed E-state index contributed by atoms with van der Waals surface area (Å²) in [6.45, 7) is 0. The summed E-state index contributed by atoms with van der Waals surface area (Å²) in [4.78, 5) is 19.8. The molecule has 0 aliphatic carbocycles. The van der Waals surface area contributed by atoms with Crippen LogP contribution in [0.1, 0.15) is 5.56 Å². The molecule has 0 fully saturated rings. The molecule has 0 radical (unpaired) electrons. The van der Waals surface area contributed by atoms with E-state index < -0.39 is 4.92 Å². The van der Waals surface area contributed by atoms with E-state index in [1.807, 2.05) is 0 Å². The third-order valence-corrected chi connectivity index (χ3v) is 1.69. The topological polar surface area (TPSA) is 60.2 Å². The molecule has 0 amide bonds. The lowest BCUT2D eigenvalue weighted by atomic mass is 10.2. The van der Waals surface area contributed by atoms with Gasteiger partial charge in [-0.05, 0) is 23.8 Å². The van der Waals surface area contributed by atoms with Crippen LogP contribution in [-0.4, -0.2) is 11.2 Å². The lowest BCUT2D eigenvalue weighted by Crippen LogP contribution is -1.86. The zero-order chi connectivity index (χ0) is 11.1. The normalized spacial score (nSPS) is 10.9. The number of hydrogen-bond donors (Lipinski definition) is 0. The van der Waals surface area contributed by atoms with Crippen molar-refractivity contribution in [3.63, 3.8) is 0 Å². The summed E-state index contributed by atoms with van der Waals surface area (Å²) in [5.41, 5.74) is 0.909. The molecule has 0 atom stereocenters. The summed E-state index contributed by atoms with van der Waals surface area (Å²) in [5.74, 6) is 0. The zero-order valence-corrected chi connectivity index (χ0v) is 7.87. The number of aldehydes is 1. The number of nitro groups is 1. The molecule has 1 rings (SSSR count). The van der Waals surface area contributed by atoms with Crippen LogP contribution in [0.4, 0.5) is 5.69 Å². The Hall–Kier alpha value is -2.23. The summed E-state index contributed by atoms with van der Waals surface area (Å²) >= 11 is 0. The molecule has 0 saturated heterocycles. The number of hydrogen-bond acceptors (Lipinski definition) is 3. The molecule has 0 spiro atoms. The molecule has 0 saturated carbocycles. The third-order valence-electron chi connectivity index (χ3n) is 1.69. The lowest BCUT2D eigenvalue weighted by Gasteiger charge is -1.92. The van der Waals surface area contributed by atoms with Crippen LogP contribution in [0.5, 0.6) is 0 Å². The fourth-order valence-electron chi connectivity index (χ4n) is 0.983. The van der Waals surface area contributed by atoms with Crippen molar-refractivity contribution in [1.82, 2.24) is 0 Å². The van der Waals surface area contributed by atoms with E-state index in [-0.39, 0.29) is 5.69 Å². The van der Waals surface area contributed by atoms with Crippen LogP contribution in [-0.2, 0) is 4.79 Å². The SMILES string of the molecule is O=CC=CC=Cc1ccc([N+](=O)[O-])cc1. The highest BCUT2D eigenvalue weighted by Crippen LogP contribution is 2.12. The van der Waals surface area contributed by atoms with Crippen LogP contribution in [0.25, 0.3) is 6.08 Å². The Labute approximate surface area is 86.7 Å². The van der Waals surface area contributed by atoms with E-state index in [9.17, 15) is 14.9 Å². The zero-order valence-electron chi connectivity index (χ0n) is 7.87. The predicted octanol–water partition coefficient (Wildman–Crippen LogP) is 2.36. The minimum absolute atomic E-state index is 0.0654. The summed E-state index contributed by atoms with van der Waals surface area (Å²) in [5, 5.41) is 10.3. The average molecular weight is 203 g/mol. The highest BCUT2D eigenvalue weighted by molar-refractivity contribution is 5.66. The van der Waals surface area contributed by atoms with Gasteiger partial charge >= 0.3 is 0 Å². The van der Waals surface area contributed by atoms with Gasteiger partial charge in [-0.25, -0.2) is 0 Å². The van der Waals surface area contributed by atoms with Gasteiger partial charge in [0.1, 0.15) is 6.29 Å². The molecule has 0 heterocycles. The van der Waals surface area contributed by atoms with Gasteiger partial charge in [-0.2, -0.15) is 0 Å². The van der Waals surface area contributed by atoms with Gasteiger partial charge in [0.25, 0.3) is 5.69 Å². The average Bonchev–Trinajstić information content (AvgIpc) is 2.25. The quantitative estimate of drug-likeness (QED) is 0.248. The minimum atomic E-state index is -0.445. The Morgan fingerprint density at radius 3 is 2.27 bits per heavy atom. The van der Waals surface area contributed by atoms with Gasteiger partial charge in [0.15, 0.2) is 0 Å². The molecule has 4 heteroatoms. The summed E-state index contributed by atoms with van der Waals surface area (Å²) in [6, 6.07) is 6.15. The Morgan fingerprint density at radius 1 is 1.07 bits per heavy atom. The monoisotopic (exact) mass is 203 g/mol. The van der Waals surface area contributed by atoms with E-state index in [0.717, 1.165) is 5.56 Å². The first-order chi connectivity index (χ1) is 7.24. The van der Waals surface area contributed by atoms with Crippen molar-refractivity contribution in [1.29, 1.82) is 0 Å². The number of benzene rings is 1. The number of nitro benzene ring substituents is 1. The molecule has 0 unspecified atom stereocenters. The second-order valence-electron chi connectivity index (χ2n) is 2.73. The van der Waals surface area contributed by atoms with Crippen LogP contribution >= 0.6 is 0 Å². The standard InChI is InChI=1S/C11H9NO3/c13-9-3-1-2-4-10-5-7-11(8-6-10)12(14)15/h1-9H. The maximum Gasteiger partial charge on any atom is 0.269 e. The molecule has 4 nitrogen and oxygen atoms in total. The smallest absolute Gasteiger partial charge is 0.269 e. The lowest BCUT2D eigenvalue weighted by molar-refractivity contribution is -0.384. The van der Waals surface area contributed by atoms with Crippen molar-refractivity contribution in [2.45, 2.75) is 0 Å². The Kier molecular flexibility index (Phi) is 3.97. The molecule has 0 aliphatic heterocycles. The van der Waals surface area contributed by atoms with Crippen molar-refractivity contribution in [3.05, 3.63) is 58.2 Å². The van der Waals surface area contributed by atoms with E-state index in [2.05, 4.69) is 0 Å². The fraction of sp³-hybridized carbons (Fsp3) is 0. The molecular formula is C11H9NO3. The van der Waals surface area contributed by atoms with Gasteiger partial charge in [0.2, 0.25) is 0 Å². The number of non-ortho nitro benzene ring substituents is 1. The maximum atomic E-state index is 10.3. The number of nitrogens with zero attached hydrogens (tertiary/aromatic N) is 1. The van der Waals surface area contributed by atoms with Crippen LogP contribution in [0.3, 0.4) is 0 Å². The fourth-order valence-corrected chi connectivity index (χ4v) is 0.983. The third kappa shape index (κ3) is 3.56. The van der Waals surface area contributed by atoms with Crippen molar-refractivity contribution >= 4 is 18.0 Å². The van der Waals surface area contributed by atoms with E-state index in [0.29, 0.717) is 6.29 Å².